The highest BCUT2D eigenvalue weighted by molar-refractivity contribution is 6.05. The van der Waals surface area contributed by atoms with Crippen LogP contribution in [0.25, 0.3) is 223 Å². The average Bonchev–Trinajstić information content (AvgIpc) is 1.62. The fourth-order valence-electron chi connectivity index (χ4n) is 20.8. The molecule has 0 amide bonds. The van der Waals surface area contributed by atoms with E-state index in [2.05, 4.69) is 472 Å². The Morgan fingerprint density at radius 3 is 0.737 bits per heavy atom. The number of benzene rings is 20. The van der Waals surface area contributed by atoms with E-state index in [0.717, 1.165) is 82.7 Å². The first-order valence-corrected chi connectivity index (χ1v) is 46.9. The van der Waals surface area contributed by atoms with Gasteiger partial charge in [-0.2, -0.15) is 0 Å². The van der Waals surface area contributed by atoms with Gasteiger partial charge in [0, 0.05) is 66.3 Å². The highest BCUT2D eigenvalue weighted by Gasteiger charge is 2.39. The lowest BCUT2D eigenvalue weighted by atomic mass is 9.81. The van der Waals surface area contributed by atoms with Crippen molar-refractivity contribution in [3.8, 4) is 169 Å². The first kappa shape index (κ1) is 82.9. The molecule has 0 aliphatic heterocycles. The van der Waals surface area contributed by atoms with Crippen LogP contribution in [0.5, 0.6) is 0 Å². The van der Waals surface area contributed by atoms with Crippen LogP contribution in [0.3, 0.4) is 0 Å². The predicted molar refractivity (Wildman–Crippen MR) is 565 cm³/mol. The summed E-state index contributed by atoms with van der Waals surface area (Å²) in [5, 5.41) is 11.9. The summed E-state index contributed by atoms with van der Waals surface area (Å²) in [6, 6.07) is 157. The SMILES string of the molecule is CC1(C)c2cc(-c3nc(-c4ccc(-c5ccccc5)cc4)nc(-c4ccc5ccccc5c4)n3)ccc2-c2cc3ccccc3cc21.CC1(C)c2ccccc2-c2ccc(-c3nc(-c4ccc(-c5ccccc5)cc4)nc(-c4ccc5ccccc5c4)n3)cc21.CC1(C)c2ccccc2-c2ccc(-c3nc(-c4ccc5ccccc5c4)nc(-c4ccc(-c5ccccc5)c5ccccc45)n3)cc21. The van der Waals surface area contributed by atoms with Crippen molar-refractivity contribution < 1.29 is 0 Å². The number of nitrogens with zero attached hydrogens (tertiary/aromatic N) is 9. The average molecular weight is 1760 g/mol. The molecule has 3 aromatic heterocycles. The first-order chi connectivity index (χ1) is 67.1. The number of hydrogen-bond donors (Lipinski definition) is 0. The van der Waals surface area contributed by atoms with Gasteiger partial charge >= 0.3 is 0 Å². The van der Waals surface area contributed by atoms with Gasteiger partial charge in [0.15, 0.2) is 52.4 Å². The Labute approximate surface area is 796 Å². The van der Waals surface area contributed by atoms with Gasteiger partial charge in [-0.25, -0.2) is 44.9 Å². The van der Waals surface area contributed by atoms with Gasteiger partial charge in [0.1, 0.15) is 0 Å². The van der Waals surface area contributed by atoms with E-state index in [9.17, 15) is 0 Å². The normalized spacial score (nSPS) is 13.1. The Hall–Kier alpha value is -17.3. The predicted octanol–water partition coefficient (Wildman–Crippen LogP) is 32.3. The Morgan fingerprint density at radius 1 is 0.124 bits per heavy atom. The van der Waals surface area contributed by atoms with Crippen molar-refractivity contribution in [3.63, 3.8) is 0 Å². The van der Waals surface area contributed by atoms with E-state index < -0.39 is 0 Å². The van der Waals surface area contributed by atoms with Crippen molar-refractivity contribution >= 4 is 53.9 Å². The molecule has 20 aromatic carbocycles. The lowest BCUT2D eigenvalue weighted by Gasteiger charge is -2.22. The maximum absolute atomic E-state index is 5.21. The standard InChI is InChI=1S/2C44H31N3.C40H29N3/c1-44(2)39-19-11-10-18-36(39)37-23-22-32(27-40(37)44)42-45-41(31-21-20-28-12-6-7-15-30(28)26-31)46-43(47-42)38-25-24-33(29-13-4-3-5-14-29)34-16-8-9-17-35(34)38;1-44(2)39-27-36(22-23-37(39)38-25-33-14-8-9-15-34(33)26-40(38)44)43-46-41(31-19-16-30(17-20-31)28-10-4-3-5-11-28)45-42(47-43)35-21-18-29-12-6-7-13-32(29)24-35;1-40(2)35-15-9-8-14-33(35)34-23-22-32(25-36(34)40)39-42-37(29-19-16-28(17-20-29)26-10-4-3-5-11-26)41-38(43-39)31-21-18-27-12-6-7-13-30(27)24-31/h2*3-27H,1-2H3;3-25H,1-2H3. The molecule has 0 unspecified atom stereocenters. The van der Waals surface area contributed by atoms with Crippen molar-refractivity contribution in [1.82, 2.24) is 44.9 Å². The van der Waals surface area contributed by atoms with E-state index in [1.807, 2.05) is 12.1 Å². The topological polar surface area (TPSA) is 116 Å². The van der Waals surface area contributed by atoms with Gasteiger partial charge in [-0.05, 0) is 209 Å². The van der Waals surface area contributed by atoms with Gasteiger partial charge in [-0.15, -0.1) is 0 Å². The molecule has 0 fully saturated rings. The maximum Gasteiger partial charge on any atom is 0.164 e. The van der Waals surface area contributed by atoms with E-state index in [1.54, 1.807) is 0 Å². The molecule has 3 aliphatic rings. The highest BCUT2D eigenvalue weighted by atomic mass is 15.1. The molecular formula is C128H91N9. The Kier molecular flexibility index (Phi) is 20.4. The molecule has 137 heavy (non-hydrogen) atoms. The van der Waals surface area contributed by atoms with E-state index in [0.29, 0.717) is 52.4 Å². The van der Waals surface area contributed by atoms with Crippen molar-refractivity contribution in [2.75, 3.05) is 0 Å². The second kappa shape index (κ2) is 33.8. The Morgan fingerprint density at radius 2 is 0.350 bits per heavy atom. The maximum atomic E-state index is 5.21. The quantitative estimate of drug-likeness (QED) is 0.118. The fraction of sp³-hybridized carbons (Fsp3) is 0.0703. The summed E-state index contributed by atoms with van der Waals surface area (Å²) in [7, 11) is 0. The van der Waals surface area contributed by atoms with Crippen LogP contribution in [0.2, 0.25) is 0 Å². The zero-order chi connectivity index (χ0) is 92.0. The number of aromatic nitrogens is 9. The van der Waals surface area contributed by atoms with Gasteiger partial charge in [-0.3, -0.25) is 0 Å². The van der Waals surface area contributed by atoms with Gasteiger partial charge in [0.2, 0.25) is 0 Å². The minimum absolute atomic E-state index is 0.105. The van der Waals surface area contributed by atoms with Crippen LogP contribution in [0.1, 0.15) is 74.9 Å². The Balaban J connectivity index is 0.000000112. The van der Waals surface area contributed by atoms with E-state index in [-0.39, 0.29) is 16.2 Å². The van der Waals surface area contributed by atoms with Crippen molar-refractivity contribution in [1.29, 1.82) is 0 Å². The second-order valence-corrected chi connectivity index (χ2v) is 37.6. The van der Waals surface area contributed by atoms with Crippen LogP contribution in [0, 0.1) is 0 Å². The zero-order valence-electron chi connectivity index (χ0n) is 76.7. The van der Waals surface area contributed by atoms with Crippen LogP contribution in [0.15, 0.2) is 443 Å². The molecule has 3 aliphatic carbocycles. The first-order valence-electron chi connectivity index (χ1n) is 46.9. The molecular weight excluding hydrogens is 1660 g/mol. The van der Waals surface area contributed by atoms with Crippen LogP contribution in [-0.2, 0) is 16.2 Å². The molecule has 0 spiro atoms. The summed E-state index contributed by atoms with van der Waals surface area (Å²) in [5.74, 6) is 6.00. The summed E-state index contributed by atoms with van der Waals surface area (Å²) in [6.45, 7) is 13.9. The number of hydrogen-bond acceptors (Lipinski definition) is 9. The third kappa shape index (κ3) is 15.2. The second-order valence-electron chi connectivity index (χ2n) is 37.6. The monoisotopic (exact) mass is 1750 g/mol. The molecule has 9 nitrogen and oxygen atoms in total. The molecule has 23 aromatic rings. The number of fused-ring (bicyclic) bond motifs is 14. The summed E-state index contributed by atoms with van der Waals surface area (Å²) in [5.41, 5.74) is 31.1. The van der Waals surface area contributed by atoms with Gasteiger partial charge in [0.05, 0.1) is 0 Å². The van der Waals surface area contributed by atoms with Crippen LogP contribution < -0.4 is 0 Å². The van der Waals surface area contributed by atoms with Crippen LogP contribution in [-0.4, -0.2) is 44.9 Å². The van der Waals surface area contributed by atoms with Gasteiger partial charge in [-0.1, -0.05) is 430 Å². The molecule has 9 heteroatoms. The summed E-state index contributed by atoms with van der Waals surface area (Å²) in [6.07, 6.45) is 0. The lowest BCUT2D eigenvalue weighted by Crippen LogP contribution is -2.15. The van der Waals surface area contributed by atoms with E-state index in [4.69, 9.17) is 44.9 Å². The van der Waals surface area contributed by atoms with Crippen molar-refractivity contribution in [3.05, 3.63) is 476 Å². The summed E-state index contributed by atoms with van der Waals surface area (Å²) in [4.78, 5) is 46.0. The molecule has 3 heterocycles. The summed E-state index contributed by atoms with van der Waals surface area (Å²) >= 11 is 0. The van der Waals surface area contributed by atoms with Gasteiger partial charge in [0.25, 0.3) is 0 Å². The largest absolute Gasteiger partial charge is 0.208 e. The highest BCUT2D eigenvalue weighted by Crippen LogP contribution is 2.54. The molecule has 0 radical (unpaired) electrons. The zero-order valence-corrected chi connectivity index (χ0v) is 76.7. The van der Waals surface area contributed by atoms with Crippen LogP contribution in [0.4, 0.5) is 0 Å². The van der Waals surface area contributed by atoms with E-state index in [1.165, 1.54) is 121 Å². The third-order valence-corrected chi connectivity index (χ3v) is 28.2. The smallest absolute Gasteiger partial charge is 0.164 e. The fourth-order valence-corrected chi connectivity index (χ4v) is 20.8. The molecule has 0 N–H and O–H groups in total. The number of rotatable bonds is 12. The van der Waals surface area contributed by atoms with Crippen LogP contribution >= 0.6 is 0 Å². The van der Waals surface area contributed by atoms with Gasteiger partial charge < -0.3 is 0 Å². The molecule has 0 atom stereocenters. The minimum atomic E-state index is -0.158. The molecule has 648 valence electrons. The minimum Gasteiger partial charge on any atom is -0.208 e. The molecule has 0 saturated heterocycles. The third-order valence-electron chi connectivity index (χ3n) is 28.2. The summed E-state index contributed by atoms with van der Waals surface area (Å²) < 4.78 is 0. The molecule has 0 saturated carbocycles. The van der Waals surface area contributed by atoms with E-state index >= 15 is 0 Å². The van der Waals surface area contributed by atoms with Crippen molar-refractivity contribution in [2.24, 2.45) is 0 Å². The van der Waals surface area contributed by atoms with Crippen molar-refractivity contribution in [2.45, 2.75) is 57.8 Å². The molecule has 0 bridgehead atoms. The lowest BCUT2D eigenvalue weighted by molar-refractivity contribution is 0.660. The molecule has 26 rings (SSSR count). The Bertz CT molecular complexity index is 8730.